The first kappa shape index (κ1) is 22.6. The van der Waals surface area contributed by atoms with Gasteiger partial charge < -0.3 is 15.4 Å². The van der Waals surface area contributed by atoms with Crippen LogP contribution in [-0.4, -0.2) is 48.9 Å². The summed E-state index contributed by atoms with van der Waals surface area (Å²) in [6.45, 7) is 0.845. The van der Waals surface area contributed by atoms with Crippen molar-refractivity contribution in [3.05, 3.63) is 36.0 Å². The van der Waals surface area contributed by atoms with Gasteiger partial charge in [0.15, 0.2) is 18.3 Å². The van der Waals surface area contributed by atoms with Crippen LogP contribution >= 0.6 is 0 Å². The molecule has 3 rings (SSSR count). The molecular formula is C17H18F3N5O5S. The van der Waals surface area contributed by atoms with Crippen molar-refractivity contribution in [1.82, 2.24) is 9.78 Å². The first-order chi connectivity index (χ1) is 14.3. The van der Waals surface area contributed by atoms with Crippen LogP contribution in [0.15, 0.2) is 35.2 Å². The summed E-state index contributed by atoms with van der Waals surface area (Å²) in [6, 6.07) is 3.69. The summed E-state index contributed by atoms with van der Waals surface area (Å²) in [5.41, 5.74) is -0.159. The van der Waals surface area contributed by atoms with Gasteiger partial charge in [-0.15, -0.1) is 0 Å². The van der Waals surface area contributed by atoms with Crippen LogP contribution in [0.3, 0.4) is 0 Å². The highest BCUT2D eigenvalue weighted by atomic mass is 32.2. The largest absolute Gasteiger partial charge is 0.451 e. The highest BCUT2D eigenvalue weighted by Crippen LogP contribution is 2.39. The van der Waals surface area contributed by atoms with E-state index in [1.165, 1.54) is 24.3 Å². The molecule has 1 aliphatic rings. The van der Waals surface area contributed by atoms with Gasteiger partial charge in [-0.1, -0.05) is 0 Å². The van der Waals surface area contributed by atoms with E-state index in [9.17, 15) is 31.2 Å². The summed E-state index contributed by atoms with van der Waals surface area (Å²) in [5, 5.41) is 13.8. The number of carbonyl (C=O) groups excluding carboxylic acids is 2. The number of nitrogens with two attached hydrogens (primary N) is 1. The van der Waals surface area contributed by atoms with Crippen molar-refractivity contribution in [2.75, 3.05) is 17.2 Å². The predicted molar refractivity (Wildman–Crippen MR) is 102 cm³/mol. The molecule has 1 aromatic heterocycles. The maximum Gasteiger partial charge on any atom is 0.410 e. The monoisotopic (exact) mass is 461 g/mol. The van der Waals surface area contributed by atoms with E-state index >= 15 is 0 Å². The number of benzene rings is 1. The van der Waals surface area contributed by atoms with Gasteiger partial charge in [-0.3, -0.25) is 4.79 Å². The Balaban J connectivity index is 1.62. The number of sulfonamides is 1. The molecule has 0 fully saturated rings. The number of anilines is 2. The molecule has 168 valence electrons. The van der Waals surface area contributed by atoms with Crippen LogP contribution in [0.4, 0.5) is 24.7 Å². The molecule has 31 heavy (non-hydrogen) atoms. The fraction of sp³-hybridized carbons (Fsp3) is 0.353. The molecule has 0 unspecified atom stereocenters. The number of primary sulfonamides is 1. The lowest BCUT2D eigenvalue weighted by Gasteiger charge is -2.31. The molecule has 0 bridgehead atoms. The Kier molecular flexibility index (Phi) is 5.96. The second-order valence-corrected chi connectivity index (χ2v) is 8.45. The number of amides is 1. The van der Waals surface area contributed by atoms with Gasteiger partial charge in [0.2, 0.25) is 10.0 Å². The van der Waals surface area contributed by atoms with Crippen molar-refractivity contribution in [3.63, 3.8) is 0 Å². The highest BCUT2D eigenvalue weighted by Gasteiger charge is 2.45. The van der Waals surface area contributed by atoms with E-state index in [-0.39, 0.29) is 28.5 Å². The fourth-order valence-electron chi connectivity index (χ4n) is 2.99. The van der Waals surface area contributed by atoms with Gasteiger partial charge in [0.25, 0.3) is 5.91 Å². The third-order valence-electron chi connectivity index (χ3n) is 4.39. The molecular weight excluding hydrogens is 443 g/mol. The molecule has 0 spiro atoms. The molecule has 1 aliphatic heterocycles. The number of ether oxygens (including phenoxy) is 1. The minimum atomic E-state index is -4.54. The van der Waals surface area contributed by atoms with Gasteiger partial charge in [-0.05, 0) is 37.6 Å². The van der Waals surface area contributed by atoms with Crippen molar-refractivity contribution in [3.8, 4) is 0 Å². The smallest absolute Gasteiger partial charge is 0.410 e. The maximum absolute atomic E-state index is 13.3. The lowest BCUT2D eigenvalue weighted by molar-refractivity contribution is -0.173. The number of aromatic nitrogens is 2. The third-order valence-corrected chi connectivity index (χ3v) is 5.32. The Morgan fingerprint density at radius 3 is 2.55 bits per heavy atom. The molecule has 2 atom stereocenters. The lowest BCUT2D eigenvalue weighted by Crippen LogP contribution is -2.37. The molecule has 10 nitrogen and oxygen atoms in total. The molecule has 1 aromatic carbocycles. The highest BCUT2D eigenvalue weighted by molar-refractivity contribution is 7.89. The molecule has 4 N–H and O–H groups in total. The number of alkyl halides is 3. The van der Waals surface area contributed by atoms with Gasteiger partial charge >= 0.3 is 12.1 Å². The Labute approximate surface area is 174 Å². The first-order valence-corrected chi connectivity index (χ1v) is 10.4. The van der Waals surface area contributed by atoms with E-state index in [0.29, 0.717) is 4.68 Å². The summed E-state index contributed by atoms with van der Waals surface area (Å²) >= 11 is 0. The van der Waals surface area contributed by atoms with Crippen LogP contribution in [0, 0.1) is 0 Å². The number of halogens is 3. The second-order valence-electron chi connectivity index (χ2n) is 6.89. The van der Waals surface area contributed by atoms with Crippen molar-refractivity contribution in [2.45, 2.75) is 36.5 Å². The van der Waals surface area contributed by atoms with E-state index in [4.69, 9.17) is 9.88 Å². The maximum atomic E-state index is 13.3. The molecule has 0 saturated carbocycles. The molecule has 2 aromatic rings. The van der Waals surface area contributed by atoms with Gasteiger partial charge in [-0.2, -0.15) is 18.3 Å². The summed E-state index contributed by atoms with van der Waals surface area (Å²) in [7, 11) is -3.89. The van der Waals surface area contributed by atoms with E-state index in [1.54, 1.807) is 6.92 Å². The van der Waals surface area contributed by atoms with Crippen LogP contribution < -0.4 is 15.8 Å². The van der Waals surface area contributed by atoms with E-state index in [0.717, 1.165) is 6.07 Å². The van der Waals surface area contributed by atoms with Gasteiger partial charge in [0.1, 0.15) is 5.82 Å². The van der Waals surface area contributed by atoms with Crippen LogP contribution in [-0.2, 0) is 19.6 Å². The van der Waals surface area contributed by atoms with Gasteiger partial charge in [-0.25, -0.2) is 23.0 Å². The van der Waals surface area contributed by atoms with Gasteiger partial charge in [0, 0.05) is 17.8 Å². The summed E-state index contributed by atoms with van der Waals surface area (Å²) in [6.07, 6.45) is -4.80. The quantitative estimate of drug-likeness (QED) is 0.574. The standard InChI is InChI=1S/C17H18F3N5O5S/c1-9-6-13(17(18,19)20)25-14(22-9)7-12(24-25)16(27)30-8-15(26)23-10-2-4-11(5-3-10)31(21,28)29/h2-5,7,9,13,22H,6,8H2,1H3,(H,23,26)(H2,21,28,29)/t9-,13-/m1/s1. The zero-order chi connectivity index (χ0) is 23.0. The second kappa shape index (κ2) is 8.19. The van der Waals surface area contributed by atoms with E-state index in [1.807, 2.05) is 0 Å². The number of rotatable bonds is 5. The number of hydrogen-bond acceptors (Lipinski definition) is 7. The molecule has 0 radical (unpaired) electrons. The lowest BCUT2D eigenvalue weighted by atomic mass is 10.1. The average Bonchev–Trinajstić information content (AvgIpc) is 3.08. The molecule has 2 heterocycles. The number of carbonyl (C=O) groups is 2. The van der Waals surface area contributed by atoms with Crippen molar-refractivity contribution in [1.29, 1.82) is 0 Å². The fourth-order valence-corrected chi connectivity index (χ4v) is 3.50. The normalized spacial score (nSPS) is 18.6. The van der Waals surface area contributed by atoms with Gasteiger partial charge in [0.05, 0.1) is 4.90 Å². The number of nitrogens with zero attached hydrogens (tertiary/aromatic N) is 2. The summed E-state index contributed by atoms with van der Waals surface area (Å²) in [4.78, 5) is 23.9. The number of nitrogens with one attached hydrogen (secondary N) is 2. The summed E-state index contributed by atoms with van der Waals surface area (Å²) in [5.74, 6) is -1.80. The zero-order valence-electron chi connectivity index (χ0n) is 16.0. The van der Waals surface area contributed by atoms with Crippen molar-refractivity contribution in [2.24, 2.45) is 5.14 Å². The zero-order valence-corrected chi connectivity index (χ0v) is 16.8. The molecule has 0 aliphatic carbocycles. The van der Waals surface area contributed by atoms with Crippen molar-refractivity contribution < 1.29 is 35.9 Å². The van der Waals surface area contributed by atoms with Crippen LogP contribution in [0.25, 0.3) is 0 Å². The van der Waals surface area contributed by atoms with Crippen molar-refractivity contribution >= 4 is 33.4 Å². The predicted octanol–water partition coefficient (Wildman–Crippen LogP) is 1.63. The Hall–Kier alpha value is -3.13. The van der Waals surface area contributed by atoms with E-state index in [2.05, 4.69) is 15.7 Å². The first-order valence-electron chi connectivity index (χ1n) is 8.87. The number of fused-ring (bicyclic) bond motifs is 1. The average molecular weight is 461 g/mol. The molecule has 1 amide bonds. The SMILES string of the molecule is C[C@@H]1C[C@H](C(F)(F)F)n2nc(C(=O)OCC(=O)Nc3ccc(S(N)(=O)=O)cc3)cc2N1. The van der Waals surface area contributed by atoms with Crippen LogP contribution in [0.5, 0.6) is 0 Å². The summed E-state index contributed by atoms with van der Waals surface area (Å²) < 4.78 is 67.7. The molecule has 14 heteroatoms. The van der Waals surface area contributed by atoms with Crippen LogP contribution in [0.1, 0.15) is 29.9 Å². The molecule has 0 saturated heterocycles. The topological polar surface area (TPSA) is 145 Å². The Morgan fingerprint density at radius 1 is 1.32 bits per heavy atom. The number of esters is 1. The third kappa shape index (κ3) is 5.32. The minimum Gasteiger partial charge on any atom is -0.451 e. The van der Waals surface area contributed by atoms with E-state index < -0.39 is 46.8 Å². The number of hydrogen-bond donors (Lipinski definition) is 3. The Morgan fingerprint density at radius 2 is 1.97 bits per heavy atom. The van der Waals surface area contributed by atoms with Crippen LogP contribution in [0.2, 0.25) is 0 Å². The minimum absolute atomic E-state index is 0.0208. The Bertz CT molecular complexity index is 1100.